The van der Waals surface area contributed by atoms with Gasteiger partial charge in [-0.2, -0.15) is 0 Å². The lowest BCUT2D eigenvalue weighted by molar-refractivity contribution is 0.0697. The first-order chi connectivity index (χ1) is 9.56. The maximum Gasteiger partial charge on any atom is 0.335 e. The maximum absolute atomic E-state index is 13.1. The minimum absolute atomic E-state index is 0.181. The highest BCUT2D eigenvalue weighted by molar-refractivity contribution is 9.10. The highest BCUT2D eigenvalue weighted by atomic mass is 79.9. The van der Waals surface area contributed by atoms with E-state index in [9.17, 15) is 9.18 Å². The number of nitrogens with zero attached hydrogens (tertiary/aromatic N) is 2. The van der Waals surface area contributed by atoms with Gasteiger partial charge in [-0.15, -0.1) is 0 Å². The van der Waals surface area contributed by atoms with Crippen LogP contribution in [0.25, 0.3) is 16.7 Å². The van der Waals surface area contributed by atoms with Gasteiger partial charge >= 0.3 is 5.97 Å². The van der Waals surface area contributed by atoms with Crippen molar-refractivity contribution in [2.24, 2.45) is 0 Å². The lowest BCUT2D eigenvalue weighted by Gasteiger charge is -2.07. The molecule has 0 aliphatic heterocycles. The van der Waals surface area contributed by atoms with E-state index in [0.29, 0.717) is 9.99 Å². The van der Waals surface area contributed by atoms with Crippen LogP contribution in [0.5, 0.6) is 0 Å². The number of imidazole rings is 1. The topological polar surface area (TPSA) is 55.1 Å². The van der Waals surface area contributed by atoms with E-state index >= 15 is 0 Å². The van der Waals surface area contributed by atoms with Crippen molar-refractivity contribution in [2.75, 3.05) is 0 Å². The van der Waals surface area contributed by atoms with Gasteiger partial charge in [0, 0.05) is 4.47 Å². The van der Waals surface area contributed by atoms with Crippen LogP contribution in [-0.2, 0) is 0 Å². The Hall–Kier alpha value is -2.21. The number of hydrogen-bond acceptors (Lipinski definition) is 2. The van der Waals surface area contributed by atoms with E-state index in [4.69, 9.17) is 5.11 Å². The zero-order valence-electron chi connectivity index (χ0n) is 10.0. The molecule has 0 saturated heterocycles. The van der Waals surface area contributed by atoms with Crippen molar-refractivity contribution in [1.29, 1.82) is 0 Å². The molecule has 2 aromatic carbocycles. The summed E-state index contributed by atoms with van der Waals surface area (Å²) >= 11 is 3.31. The number of rotatable bonds is 2. The summed E-state index contributed by atoms with van der Waals surface area (Å²) in [6, 6.07) is 9.06. The molecular weight excluding hydrogens is 327 g/mol. The summed E-state index contributed by atoms with van der Waals surface area (Å²) in [6.45, 7) is 0. The second-order valence-corrected chi connectivity index (χ2v) is 5.07. The normalized spacial score (nSPS) is 10.9. The maximum atomic E-state index is 13.1. The third-order valence-electron chi connectivity index (χ3n) is 2.96. The number of halogens is 2. The van der Waals surface area contributed by atoms with Crippen molar-refractivity contribution in [3.8, 4) is 5.69 Å². The molecule has 4 nitrogen and oxygen atoms in total. The summed E-state index contributed by atoms with van der Waals surface area (Å²) in [7, 11) is 0. The fraction of sp³-hybridized carbons (Fsp3) is 0. The van der Waals surface area contributed by atoms with Crippen LogP contribution in [0.3, 0.4) is 0 Å². The van der Waals surface area contributed by atoms with Crippen LogP contribution in [-0.4, -0.2) is 20.6 Å². The summed E-state index contributed by atoms with van der Waals surface area (Å²) in [6.07, 6.45) is 1.58. The Labute approximate surface area is 121 Å². The highest BCUT2D eigenvalue weighted by Crippen LogP contribution is 2.26. The molecule has 0 saturated carbocycles. The predicted molar refractivity (Wildman–Crippen MR) is 75.7 cm³/mol. The van der Waals surface area contributed by atoms with Crippen molar-refractivity contribution < 1.29 is 14.3 Å². The average molecular weight is 335 g/mol. The number of aromatic carboxylic acids is 1. The summed E-state index contributed by atoms with van der Waals surface area (Å²) in [4.78, 5) is 15.1. The fourth-order valence-corrected chi connectivity index (χ4v) is 2.56. The van der Waals surface area contributed by atoms with Crippen LogP contribution in [0.4, 0.5) is 4.39 Å². The standard InChI is InChI=1S/C14H8BrFN2O2/c15-10-6-9(16)2-4-12(10)18-7-17-11-5-8(14(19)20)1-3-13(11)18/h1-7H,(H,19,20). The van der Waals surface area contributed by atoms with E-state index < -0.39 is 5.97 Å². The van der Waals surface area contributed by atoms with Crippen molar-refractivity contribution >= 4 is 32.9 Å². The molecule has 0 aliphatic rings. The Balaban J connectivity index is 2.20. The largest absolute Gasteiger partial charge is 0.478 e. The van der Waals surface area contributed by atoms with Gasteiger partial charge in [0.25, 0.3) is 0 Å². The zero-order valence-corrected chi connectivity index (χ0v) is 11.6. The molecule has 0 radical (unpaired) electrons. The van der Waals surface area contributed by atoms with Gasteiger partial charge in [-0.3, -0.25) is 4.57 Å². The van der Waals surface area contributed by atoms with Crippen LogP contribution >= 0.6 is 15.9 Å². The Morgan fingerprint density at radius 2 is 2.05 bits per heavy atom. The minimum atomic E-state index is -0.996. The van der Waals surface area contributed by atoms with Gasteiger partial charge in [-0.05, 0) is 52.3 Å². The molecule has 0 aliphatic carbocycles. The molecule has 3 aromatic rings. The first-order valence-electron chi connectivity index (χ1n) is 5.72. The second kappa shape index (κ2) is 4.72. The molecule has 1 aromatic heterocycles. The van der Waals surface area contributed by atoms with E-state index in [1.54, 1.807) is 23.0 Å². The molecule has 1 N–H and O–H groups in total. The van der Waals surface area contributed by atoms with Crippen molar-refractivity contribution in [3.63, 3.8) is 0 Å². The first-order valence-corrected chi connectivity index (χ1v) is 6.51. The smallest absolute Gasteiger partial charge is 0.335 e. The predicted octanol–water partition coefficient (Wildman–Crippen LogP) is 3.63. The van der Waals surface area contributed by atoms with Crippen molar-refractivity contribution in [1.82, 2.24) is 9.55 Å². The highest BCUT2D eigenvalue weighted by Gasteiger charge is 2.11. The Morgan fingerprint density at radius 1 is 1.25 bits per heavy atom. The number of carbonyl (C=O) groups is 1. The van der Waals surface area contributed by atoms with E-state index in [1.807, 2.05) is 0 Å². The number of benzene rings is 2. The quantitative estimate of drug-likeness (QED) is 0.778. The van der Waals surface area contributed by atoms with Crippen LogP contribution in [0.1, 0.15) is 10.4 Å². The third-order valence-corrected chi connectivity index (χ3v) is 3.60. The number of aromatic nitrogens is 2. The Kier molecular flexibility index (Phi) is 3.02. The molecule has 1 heterocycles. The fourth-order valence-electron chi connectivity index (χ4n) is 2.01. The molecule has 3 rings (SSSR count). The van der Waals surface area contributed by atoms with Gasteiger partial charge < -0.3 is 5.11 Å². The van der Waals surface area contributed by atoms with Crippen molar-refractivity contribution in [3.05, 3.63) is 58.6 Å². The minimum Gasteiger partial charge on any atom is -0.478 e. The van der Waals surface area contributed by atoms with Crippen molar-refractivity contribution in [2.45, 2.75) is 0 Å². The summed E-state index contributed by atoms with van der Waals surface area (Å²) in [5, 5.41) is 8.96. The Morgan fingerprint density at radius 3 is 2.75 bits per heavy atom. The van der Waals surface area contributed by atoms with Crippen LogP contribution < -0.4 is 0 Å². The third kappa shape index (κ3) is 2.08. The van der Waals surface area contributed by atoms with Gasteiger partial charge in [0.2, 0.25) is 0 Å². The number of carboxylic acids is 1. The van der Waals surface area contributed by atoms with Gasteiger partial charge in [-0.1, -0.05) is 0 Å². The molecule has 0 atom stereocenters. The van der Waals surface area contributed by atoms with Gasteiger partial charge in [0.05, 0.1) is 22.3 Å². The van der Waals surface area contributed by atoms with E-state index in [-0.39, 0.29) is 11.4 Å². The molecule has 20 heavy (non-hydrogen) atoms. The number of fused-ring (bicyclic) bond motifs is 1. The monoisotopic (exact) mass is 334 g/mol. The molecule has 0 bridgehead atoms. The molecule has 100 valence electrons. The van der Waals surface area contributed by atoms with Gasteiger partial charge in [0.15, 0.2) is 0 Å². The molecule has 6 heteroatoms. The summed E-state index contributed by atoms with van der Waals surface area (Å²) in [5.74, 6) is -1.33. The molecular formula is C14H8BrFN2O2. The SMILES string of the molecule is O=C(O)c1ccc2c(c1)ncn2-c1ccc(F)cc1Br. The lowest BCUT2D eigenvalue weighted by Crippen LogP contribution is -1.97. The van der Waals surface area contributed by atoms with Crippen LogP contribution in [0, 0.1) is 5.82 Å². The zero-order chi connectivity index (χ0) is 14.3. The van der Waals surface area contributed by atoms with Crippen LogP contribution in [0.15, 0.2) is 47.2 Å². The van der Waals surface area contributed by atoms with Gasteiger partial charge in [0.1, 0.15) is 12.1 Å². The van der Waals surface area contributed by atoms with Crippen LogP contribution in [0.2, 0.25) is 0 Å². The summed E-state index contributed by atoms with van der Waals surface area (Å²) < 4.78 is 15.5. The molecule has 0 unspecified atom stereocenters. The summed E-state index contributed by atoms with van der Waals surface area (Å²) in [5.41, 5.74) is 2.24. The molecule has 0 amide bonds. The van der Waals surface area contributed by atoms with E-state index in [0.717, 1.165) is 11.2 Å². The van der Waals surface area contributed by atoms with E-state index in [2.05, 4.69) is 20.9 Å². The average Bonchev–Trinajstić information content (AvgIpc) is 2.81. The van der Waals surface area contributed by atoms with Gasteiger partial charge in [-0.25, -0.2) is 14.2 Å². The Bertz CT molecular complexity index is 829. The lowest BCUT2D eigenvalue weighted by atomic mass is 10.2. The second-order valence-electron chi connectivity index (χ2n) is 4.22. The number of hydrogen-bond donors (Lipinski definition) is 1. The first kappa shape index (κ1) is 12.8. The molecule has 0 spiro atoms. The molecule has 0 fully saturated rings. The van der Waals surface area contributed by atoms with E-state index in [1.165, 1.54) is 24.3 Å². The number of carboxylic acid groups (broad SMARTS) is 1.